The highest BCUT2D eigenvalue weighted by Crippen LogP contribution is 2.33. The van der Waals surface area contributed by atoms with Crippen molar-refractivity contribution in [3.63, 3.8) is 0 Å². The molecule has 0 aliphatic rings. The van der Waals surface area contributed by atoms with Crippen molar-refractivity contribution in [3.8, 4) is 5.88 Å². The number of carbonyl (C=O) groups excluding carboxylic acids is 1. The fourth-order valence-corrected chi connectivity index (χ4v) is 3.80. The molecule has 5 nitrogen and oxygen atoms in total. The van der Waals surface area contributed by atoms with Crippen LogP contribution < -0.4 is 5.32 Å². The van der Waals surface area contributed by atoms with Crippen LogP contribution in [0.2, 0.25) is 0 Å². The molecule has 0 radical (unpaired) electrons. The quantitative estimate of drug-likeness (QED) is 0.523. The topological polar surface area (TPSA) is 67.2 Å². The number of rotatable bonds is 6. The standard InChI is InChI=1S/C21H19N3O2S/c25-19(23-21-22-12-13-27-21)11-10-18-16-8-4-5-9-17(16)20(26)24(18)14-15-6-2-1-3-7-15/h1-9,12-13,26H,10-11,14H2,(H,22,23,25). The first kappa shape index (κ1) is 17.3. The van der Waals surface area contributed by atoms with Gasteiger partial charge in [0.15, 0.2) is 11.0 Å². The minimum Gasteiger partial charge on any atom is -0.494 e. The molecule has 4 aromatic rings. The predicted octanol–water partition coefficient (Wildman–Crippen LogP) is 4.42. The molecule has 0 aliphatic heterocycles. The summed E-state index contributed by atoms with van der Waals surface area (Å²) in [6, 6.07) is 17.8. The third-order valence-electron chi connectivity index (χ3n) is 4.51. The minimum atomic E-state index is -0.0824. The first-order chi connectivity index (χ1) is 13.2. The van der Waals surface area contributed by atoms with Gasteiger partial charge in [-0.25, -0.2) is 4.98 Å². The maximum atomic E-state index is 12.3. The number of hydrogen-bond acceptors (Lipinski definition) is 4. The fraction of sp³-hybridized carbons (Fsp3) is 0.143. The summed E-state index contributed by atoms with van der Waals surface area (Å²) in [6.07, 6.45) is 2.52. The number of nitrogens with one attached hydrogen (secondary N) is 1. The number of fused-ring (bicyclic) bond motifs is 1. The number of thiazole rings is 1. The Morgan fingerprint density at radius 3 is 2.56 bits per heavy atom. The van der Waals surface area contributed by atoms with Crippen LogP contribution in [0.5, 0.6) is 5.88 Å². The third-order valence-corrected chi connectivity index (χ3v) is 5.20. The third kappa shape index (κ3) is 3.71. The van der Waals surface area contributed by atoms with Crippen molar-refractivity contribution in [1.29, 1.82) is 0 Å². The maximum Gasteiger partial charge on any atom is 0.226 e. The number of amides is 1. The number of benzene rings is 2. The molecule has 0 fully saturated rings. The lowest BCUT2D eigenvalue weighted by Gasteiger charge is -2.11. The van der Waals surface area contributed by atoms with Gasteiger partial charge in [-0.3, -0.25) is 4.79 Å². The van der Waals surface area contributed by atoms with Gasteiger partial charge in [-0.1, -0.05) is 48.5 Å². The second-order valence-corrected chi connectivity index (χ2v) is 7.17. The summed E-state index contributed by atoms with van der Waals surface area (Å²) in [6.45, 7) is 0.560. The van der Waals surface area contributed by atoms with E-state index in [2.05, 4.69) is 10.3 Å². The molecule has 2 heterocycles. The smallest absolute Gasteiger partial charge is 0.226 e. The number of aromatic hydroxyl groups is 1. The predicted molar refractivity (Wildman–Crippen MR) is 108 cm³/mol. The highest BCUT2D eigenvalue weighted by molar-refractivity contribution is 7.13. The molecule has 1 amide bonds. The lowest BCUT2D eigenvalue weighted by molar-refractivity contribution is -0.116. The average Bonchev–Trinajstić information content (AvgIpc) is 3.29. The largest absolute Gasteiger partial charge is 0.494 e. The molecule has 0 aliphatic carbocycles. The average molecular weight is 377 g/mol. The van der Waals surface area contributed by atoms with Gasteiger partial charge < -0.3 is 15.0 Å². The van der Waals surface area contributed by atoms with Crippen molar-refractivity contribution in [2.75, 3.05) is 5.32 Å². The summed E-state index contributed by atoms with van der Waals surface area (Å²) in [7, 11) is 0. The summed E-state index contributed by atoms with van der Waals surface area (Å²) in [5, 5.41) is 17.8. The van der Waals surface area contributed by atoms with Gasteiger partial charge in [0.05, 0.1) is 6.54 Å². The van der Waals surface area contributed by atoms with Crippen LogP contribution in [-0.2, 0) is 17.8 Å². The van der Waals surface area contributed by atoms with Gasteiger partial charge in [-0.05, 0) is 18.1 Å². The van der Waals surface area contributed by atoms with Crippen LogP contribution in [0.3, 0.4) is 0 Å². The van der Waals surface area contributed by atoms with Crippen molar-refractivity contribution in [2.45, 2.75) is 19.4 Å². The van der Waals surface area contributed by atoms with Gasteiger partial charge in [-0.15, -0.1) is 11.3 Å². The van der Waals surface area contributed by atoms with Crippen LogP contribution in [0.4, 0.5) is 5.13 Å². The molecule has 0 unspecified atom stereocenters. The fourth-order valence-electron chi connectivity index (χ4n) is 3.25. The van der Waals surface area contributed by atoms with E-state index in [1.165, 1.54) is 11.3 Å². The summed E-state index contributed by atoms with van der Waals surface area (Å²) < 4.78 is 1.90. The van der Waals surface area contributed by atoms with Crippen molar-refractivity contribution in [3.05, 3.63) is 77.4 Å². The van der Waals surface area contributed by atoms with E-state index in [-0.39, 0.29) is 11.8 Å². The van der Waals surface area contributed by atoms with E-state index in [0.29, 0.717) is 24.5 Å². The maximum absolute atomic E-state index is 12.3. The monoisotopic (exact) mass is 377 g/mol. The summed E-state index contributed by atoms with van der Waals surface area (Å²) in [4.78, 5) is 16.4. The Labute approximate surface area is 160 Å². The number of anilines is 1. The molecule has 27 heavy (non-hydrogen) atoms. The Bertz CT molecular complexity index is 1060. The molecule has 2 aromatic heterocycles. The van der Waals surface area contributed by atoms with Gasteiger partial charge in [0.1, 0.15) is 0 Å². The first-order valence-electron chi connectivity index (χ1n) is 8.74. The molecule has 2 aromatic carbocycles. The zero-order valence-electron chi connectivity index (χ0n) is 14.6. The van der Waals surface area contributed by atoms with Crippen LogP contribution in [0.25, 0.3) is 10.8 Å². The van der Waals surface area contributed by atoms with Gasteiger partial charge >= 0.3 is 0 Å². The lowest BCUT2D eigenvalue weighted by atomic mass is 10.1. The molecule has 4 rings (SSSR count). The zero-order valence-corrected chi connectivity index (χ0v) is 15.4. The molecule has 0 atom stereocenters. The second kappa shape index (κ2) is 7.63. The van der Waals surface area contributed by atoms with Gasteiger partial charge in [-0.2, -0.15) is 0 Å². The number of carbonyl (C=O) groups is 1. The molecular weight excluding hydrogens is 358 g/mol. The highest BCUT2D eigenvalue weighted by Gasteiger charge is 2.17. The van der Waals surface area contributed by atoms with Crippen LogP contribution in [-0.4, -0.2) is 20.6 Å². The molecule has 0 spiro atoms. The number of aromatic nitrogens is 2. The number of nitrogens with zero attached hydrogens (tertiary/aromatic N) is 2. The minimum absolute atomic E-state index is 0.0824. The normalized spacial score (nSPS) is 11.0. The Hall–Kier alpha value is -3.12. The SMILES string of the molecule is O=C(CCc1c2ccccc2c(O)n1Cc1ccccc1)Nc1nccs1. The van der Waals surface area contributed by atoms with E-state index in [1.54, 1.807) is 6.20 Å². The van der Waals surface area contributed by atoms with Crippen LogP contribution in [0.15, 0.2) is 66.2 Å². The number of hydrogen-bond donors (Lipinski definition) is 2. The summed E-state index contributed by atoms with van der Waals surface area (Å²) >= 11 is 1.40. The van der Waals surface area contributed by atoms with E-state index in [9.17, 15) is 9.90 Å². The molecule has 0 saturated heterocycles. The highest BCUT2D eigenvalue weighted by atomic mass is 32.1. The molecule has 136 valence electrons. The Morgan fingerprint density at radius 1 is 1.07 bits per heavy atom. The van der Waals surface area contributed by atoms with E-state index < -0.39 is 0 Å². The van der Waals surface area contributed by atoms with Gasteiger partial charge in [0.25, 0.3) is 0 Å². The van der Waals surface area contributed by atoms with Crippen LogP contribution >= 0.6 is 11.3 Å². The Kier molecular flexibility index (Phi) is 4.89. The van der Waals surface area contributed by atoms with E-state index in [4.69, 9.17) is 0 Å². The van der Waals surface area contributed by atoms with Crippen molar-refractivity contribution >= 4 is 33.1 Å². The lowest BCUT2D eigenvalue weighted by Crippen LogP contribution is -2.13. The molecule has 0 bridgehead atoms. The number of aryl methyl sites for hydroxylation is 1. The Morgan fingerprint density at radius 2 is 1.81 bits per heavy atom. The van der Waals surface area contributed by atoms with Crippen LogP contribution in [0, 0.1) is 0 Å². The van der Waals surface area contributed by atoms with Crippen molar-refractivity contribution < 1.29 is 9.90 Å². The first-order valence-corrected chi connectivity index (χ1v) is 9.62. The molecule has 2 N–H and O–H groups in total. The van der Waals surface area contributed by atoms with Crippen molar-refractivity contribution in [1.82, 2.24) is 9.55 Å². The van der Waals surface area contributed by atoms with E-state index in [1.807, 2.05) is 64.5 Å². The van der Waals surface area contributed by atoms with E-state index >= 15 is 0 Å². The summed E-state index contributed by atoms with van der Waals surface area (Å²) in [5.41, 5.74) is 2.06. The second-order valence-electron chi connectivity index (χ2n) is 6.27. The van der Waals surface area contributed by atoms with Gasteiger partial charge in [0, 0.05) is 34.5 Å². The molecular formula is C21H19N3O2S. The van der Waals surface area contributed by atoms with Crippen LogP contribution in [0.1, 0.15) is 17.7 Å². The molecule has 6 heteroatoms. The van der Waals surface area contributed by atoms with E-state index in [0.717, 1.165) is 22.0 Å². The molecule has 0 saturated carbocycles. The van der Waals surface area contributed by atoms with Gasteiger partial charge in [0.2, 0.25) is 5.91 Å². The Balaban J connectivity index is 1.62. The van der Waals surface area contributed by atoms with Crippen molar-refractivity contribution in [2.24, 2.45) is 0 Å². The zero-order chi connectivity index (χ0) is 18.6. The summed E-state index contributed by atoms with van der Waals surface area (Å²) in [5.74, 6) is 0.158.